The van der Waals surface area contributed by atoms with E-state index in [0.29, 0.717) is 5.15 Å². The molecule has 4 heteroatoms. The Morgan fingerprint density at radius 2 is 2.20 bits per heavy atom. The minimum atomic E-state index is -0.128. The number of rotatable bonds is 3. The van der Waals surface area contributed by atoms with Crippen molar-refractivity contribution < 1.29 is 4.79 Å². The molecule has 0 N–H and O–H groups in total. The Balaban J connectivity index is 2.28. The van der Waals surface area contributed by atoms with Gasteiger partial charge in [0.1, 0.15) is 10.9 Å². The van der Waals surface area contributed by atoms with Crippen molar-refractivity contribution in [3.63, 3.8) is 0 Å². The van der Waals surface area contributed by atoms with Gasteiger partial charge < -0.3 is 0 Å². The molecule has 0 saturated heterocycles. The molecule has 0 atom stereocenters. The summed E-state index contributed by atoms with van der Waals surface area (Å²) >= 11 is 6.14. The third-order valence-corrected chi connectivity index (χ3v) is 3.86. The molecule has 0 unspecified atom stereocenters. The summed E-state index contributed by atoms with van der Waals surface area (Å²) in [5, 5.41) is 4.92. The molecule has 2 rings (SSSR count). The van der Waals surface area contributed by atoms with Gasteiger partial charge in [0.25, 0.3) is 0 Å². The van der Waals surface area contributed by atoms with Gasteiger partial charge in [0.2, 0.25) is 0 Å². The zero-order valence-corrected chi connectivity index (χ0v) is 10.1. The van der Waals surface area contributed by atoms with Crippen LogP contribution in [0.4, 0.5) is 0 Å². The summed E-state index contributed by atoms with van der Waals surface area (Å²) in [5.41, 5.74) is 1.85. The highest BCUT2D eigenvalue weighted by molar-refractivity contribution is 6.30. The summed E-state index contributed by atoms with van der Waals surface area (Å²) < 4.78 is 1.67. The minimum absolute atomic E-state index is 0.128. The molecule has 0 radical (unpaired) electrons. The Kier molecular flexibility index (Phi) is 2.38. The van der Waals surface area contributed by atoms with E-state index in [1.165, 1.54) is 0 Å². The summed E-state index contributed by atoms with van der Waals surface area (Å²) in [4.78, 5) is 11.5. The van der Waals surface area contributed by atoms with Crippen LogP contribution in [0.2, 0.25) is 5.15 Å². The molecular formula is C11H15ClN2O. The highest BCUT2D eigenvalue weighted by Crippen LogP contribution is 2.50. The molecule has 0 amide bonds. The third-order valence-electron chi connectivity index (χ3n) is 3.39. The van der Waals surface area contributed by atoms with Gasteiger partial charge in [-0.25, -0.2) is 0 Å². The van der Waals surface area contributed by atoms with Crippen LogP contribution in [0.15, 0.2) is 0 Å². The maximum atomic E-state index is 11.5. The van der Waals surface area contributed by atoms with Crippen molar-refractivity contribution in [3.8, 4) is 0 Å². The summed E-state index contributed by atoms with van der Waals surface area (Å²) in [7, 11) is 1.83. The Hall–Kier alpha value is -0.830. The van der Waals surface area contributed by atoms with Crippen molar-refractivity contribution >= 4 is 17.4 Å². The monoisotopic (exact) mass is 226 g/mol. The number of carbonyl (C=O) groups excluding carboxylic acids is 1. The van der Waals surface area contributed by atoms with Gasteiger partial charge in [-0.3, -0.25) is 9.48 Å². The van der Waals surface area contributed by atoms with Crippen LogP contribution in [0.25, 0.3) is 0 Å². The van der Waals surface area contributed by atoms with E-state index in [1.807, 2.05) is 14.0 Å². The highest BCUT2D eigenvalue weighted by Gasteiger charge is 2.47. The Morgan fingerprint density at radius 1 is 1.60 bits per heavy atom. The maximum Gasteiger partial charge on any atom is 0.136 e. The molecule has 0 aliphatic heterocycles. The van der Waals surface area contributed by atoms with Crippen molar-refractivity contribution in [2.45, 2.75) is 33.1 Å². The number of ketones is 1. The van der Waals surface area contributed by atoms with Gasteiger partial charge in [0, 0.05) is 18.0 Å². The molecule has 1 heterocycles. The lowest BCUT2D eigenvalue weighted by molar-refractivity contribution is -0.121. The van der Waals surface area contributed by atoms with E-state index in [9.17, 15) is 4.79 Å². The van der Waals surface area contributed by atoms with Crippen molar-refractivity contribution in [3.05, 3.63) is 16.4 Å². The summed E-state index contributed by atoms with van der Waals surface area (Å²) in [6.07, 6.45) is 2.74. The lowest BCUT2D eigenvalue weighted by Gasteiger charge is -2.10. The summed E-state index contributed by atoms with van der Waals surface area (Å²) in [5.74, 6) is 0.279. The number of hydrogen-bond donors (Lipinski definition) is 0. The molecule has 82 valence electrons. The number of carbonyl (C=O) groups is 1. The molecule has 1 aromatic heterocycles. The lowest BCUT2D eigenvalue weighted by atomic mass is 9.93. The Bertz CT molecular complexity index is 418. The van der Waals surface area contributed by atoms with Gasteiger partial charge in [0.15, 0.2) is 0 Å². The number of halogens is 1. The smallest absolute Gasteiger partial charge is 0.136 e. The standard InChI is InChI=1S/C11H15ClN2O/c1-7-9(10(12)14(3)13-7)6-11(4-5-11)8(2)15/h4-6H2,1-3H3. The third kappa shape index (κ3) is 1.69. The fraction of sp³-hybridized carbons (Fsp3) is 0.636. The average molecular weight is 227 g/mol. The predicted octanol–water partition coefficient (Wildman–Crippen LogP) is 2.29. The number of Topliss-reactive ketones (excluding diaryl/α,β-unsaturated/α-hetero) is 1. The van der Waals surface area contributed by atoms with E-state index in [-0.39, 0.29) is 11.2 Å². The van der Waals surface area contributed by atoms with Gasteiger partial charge in [-0.1, -0.05) is 11.6 Å². The van der Waals surface area contributed by atoms with Crippen LogP contribution in [0.3, 0.4) is 0 Å². The van der Waals surface area contributed by atoms with E-state index in [4.69, 9.17) is 11.6 Å². The van der Waals surface area contributed by atoms with Crippen LogP contribution in [0.5, 0.6) is 0 Å². The van der Waals surface area contributed by atoms with Crippen LogP contribution in [-0.2, 0) is 18.3 Å². The average Bonchev–Trinajstić information content (AvgIpc) is 2.89. The zero-order chi connectivity index (χ0) is 11.2. The normalized spacial score (nSPS) is 17.9. The van der Waals surface area contributed by atoms with Gasteiger partial charge in [-0.2, -0.15) is 5.10 Å². The van der Waals surface area contributed by atoms with E-state index in [2.05, 4.69) is 5.10 Å². The van der Waals surface area contributed by atoms with Gasteiger partial charge in [-0.15, -0.1) is 0 Å². The number of nitrogens with zero attached hydrogens (tertiary/aromatic N) is 2. The fourth-order valence-electron chi connectivity index (χ4n) is 2.02. The van der Waals surface area contributed by atoms with E-state index in [1.54, 1.807) is 11.6 Å². The van der Waals surface area contributed by atoms with Gasteiger partial charge in [-0.05, 0) is 33.1 Å². The molecule has 1 fully saturated rings. The molecule has 1 aliphatic carbocycles. The first-order valence-electron chi connectivity index (χ1n) is 5.15. The quantitative estimate of drug-likeness (QED) is 0.793. The first-order valence-corrected chi connectivity index (χ1v) is 5.53. The largest absolute Gasteiger partial charge is 0.299 e. The molecule has 15 heavy (non-hydrogen) atoms. The molecule has 1 saturated carbocycles. The molecule has 0 aromatic carbocycles. The van der Waals surface area contributed by atoms with Crippen molar-refractivity contribution in [2.24, 2.45) is 12.5 Å². The zero-order valence-electron chi connectivity index (χ0n) is 9.30. The van der Waals surface area contributed by atoms with Crippen LogP contribution in [0.1, 0.15) is 31.0 Å². The molecule has 0 bridgehead atoms. The molecule has 1 aliphatic rings. The van der Waals surface area contributed by atoms with Crippen LogP contribution >= 0.6 is 11.6 Å². The van der Waals surface area contributed by atoms with Crippen molar-refractivity contribution in [2.75, 3.05) is 0 Å². The fourth-order valence-corrected chi connectivity index (χ4v) is 2.26. The van der Waals surface area contributed by atoms with Crippen LogP contribution in [-0.4, -0.2) is 15.6 Å². The summed E-state index contributed by atoms with van der Waals surface area (Å²) in [6, 6.07) is 0. The van der Waals surface area contributed by atoms with Gasteiger partial charge in [0.05, 0.1) is 5.69 Å². The highest BCUT2D eigenvalue weighted by atomic mass is 35.5. The topological polar surface area (TPSA) is 34.9 Å². The van der Waals surface area contributed by atoms with E-state index < -0.39 is 0 Å². The second-order valence-corrected chi connectivity index (χ2v) is 4.85. The van der Waals surface area contributed by atoms with Crippen molar-refractivity contribution in [1.29, 1.82) is 0 Å². The molecule has 0 spiro atoms. The number of aryl methyl sites for hydroxylation is 2. The first kappa shape index (κ1) is 10.7. The second kappa shape index (κ2) is 3.34. The van der Waals surface area contributed by atoms with Crippen LogP contribution in [0, 0.1) is 12.3 Å². The molecule has 1 aromatic rings. The van der Waals surface area contributed by atoms with E-state index in [0.717, 1.165) is 30.5 Å². The van der Waals surface area contributed by atoms with Gasteiger partial charge >= 0.3 is 0 Å². The minimum Gasteiger partial charge on any atom is -0.299 e. The molecular weight excluding hydrogens is 212 g/mol. The number of aromatic nitrogens is 2. The van der Waals surface area contributed by atoms with Crippen LogP contribution < -0.4 is 0 Å². The van der Waals surface area contributed by atoms with E-state index >= 15 is 0 Å². The first-order chi connectivity index (χ1) is 6.96. The van der Waals surface area contributed by atoms with Crippen molar-refractivity contribution in [1.82, 2.24) is 9.78 Å². The lowest BCUT2D eigenvalue weighted by Crippen LogP contribution is -2.15. The SMILES string of the molecule is CC(=O)C1(Cc2c(C)nn(C)c2Cl)CC1. The Labute approximate surface area is 94.4 Å². The predicted molar refractivity (Wildman–Crippen MR) is 59.0 cm³/mol. The maximum absolute atomic E-state index is 11.5. The summed E-state index contributed by atoms with van der Waals surface area (Å²) in [6.45, 7) is 3.62. The molecule has 3 nitrogen and oxygen atoms in total. The Morgan fingerprint density at radius 3 is 2.53 bits per heavy atom. The number of hydrogen-bond acceptors (Lipinski definition) is 2. The second-order valence-electron chi connectivity index (χ2n) is 4.49.